The second kappa shape index (κ2) is 13.2. The van der Waals surface area contributed by atoms with E-state index in [2.05, 4.69) is 182 Å². The average Bonchev–Trinajstić information content (AvgIpc) is 3.89. The minimum absolute atomic E-state index is 0.609. The van der Waals surface area contributed by atoms with Gasteiger partial charge in [0.1, 0.15) is 5.01 Å². The number of thiophene rings is 1. The maximum absolute atomic E-state index is 5.50. The van der Waals surface area contributed by atoms with E-state index < -0.39 is 0 Å². The van der Waals surface area contributed by atoms with E-state index in [9.17, 15) is 0 Å². The Labute approximate surface area is 341 Å². The Bertz CT molecular complexity index is 3590. The minimum Gasteiger partial charge on any atom is -0.235 e. The van der Waals surface area contributed by atoms with E-state index in [4.69, 9.17) is 19.9 Å². The van der Waals surface area contributed by atoms with Crippen LogP contribution in [0.2, 0.25) is 0 Å². The van der Waals surface area contributed by atoms with Gasteiger partial charge in [0.05, 0.1) is 15.8 Å². The highest BCUT2D eigenvalue weighted by Gasteiger charge is 2.24. The first-order valence-corrected chi connectivity index (χ1v) is 20.9. The SMILES string of the molecule is c1ccc(-c2c(-c3nc(-c4ccc5ccccc5c4)nc(-c4c5nc(-c6ccc7ccccc7c6)sc5cc5c4sc4ccccc45)n3)ccc3ccccc23)cc1. The van der Waals surface area contributed by atoms with E-state index >= 15 is 0 Å². The highest BCUT2D eigenvalue weighted by molar-refractivity contribution is 7.27. The number of fused-ring (bicyclic) bond motifs is 7. The molecule has 12 rings (SSSR count). The van der Waals surface area contributed by atoms with Crippen molar-refractivity contribution in [3.05, 3.63) is 182 Å². The van der Waals surface area contributed by atoms with Crippen LogP contribution in [0.1, 0.15) is 0 Å². The van der Waals surface area contributed by atoms with E-state index in [1.54, 1.807) is 22.7 Å². The lowest BCUT2D eigenvalue weighted by Crippen LogP contribution is -2.02. The molecule has 0 aliphatic rings. The van der Waals surface area contributed by atoms with Crippen molar-refractivity contribution in [2.45, 2.75) is 0 Å². The van der Waals surface area contributed by atoms with Crippen LogP contribution in [0.4, 0.5) is 0 Å². The number of rotatable bonds is 5. The molecule has 6 heteroatoms. The van der Waals surface area contributed by atoms with Gasteiger partial charge < -0.3 is 0 Å². The van der Waals surface area contributed by atoms with Gasteiger partial charge in [-0.3, -0.25) is 0 Å². The third-order valence-electron chi connectivity index (χ3n) is 11.1. The smallest absolute Gasteiger partial charge is 0.167 e. The summed E-state index contributed by atoms with van der Waals surface area (Å²) < 4.78 is 3.43. The molecule has 0 saturated carbocycles. The molecule has 3 aromatic heterocycles. The van der Waals surface area contributed by atoms with Gasteiger partial charge in [-0.2, -0.15) is 0 Å². The molecule has 0 aliphatic heterocycles. The van der Waals surface area contributed by atoms with Gasteiger partial charge in [-0.05, 0) is 68.2 Å². The standard InChI is InChI=1S/C52H30N4S2/c1-2-15-34(16-3-1)45-39-19-9-8-14-33(39)26-27-41(45)50-54-49(37-24-22-31-12-4-6-17-35(31)28-37)55-51(56-50)46-47-44(30-42-40-20-10-11-21-43(40)57-48(42)46)58-52(53-47)38-25-23-32-13-5-7-18-36(32)29-38/h1-30H. The molecule has 4 nitrogen and oxygen atoms in total. The van der Waals surface area contributed by atoms with Crippen molar-refractivity contribution in [2.75, 3.05) is 0 Å². The first-order chi connectivity index (χ1) is 28.7. The van der Waals surface area contributed by atoms with Gasteiger partial charge in [0.25, 0.3) is 0 Å². The molecule has 3 heterocycles. The quantitative estimate of drug-likeness (QED) is 0.175. The number of benzene rings is 9. The van der Waals surface area contributed by atoms with Crippen LogP contribution in [0.3, 0.4) is 0 Å². The number of hydrogen-bond acceptors (Lipinski definition) is 6. The Morgan fingerprint density at radius 3 is 1.72 bits per heavy atom. The highest BCUT2D eigenvalue weighted by Crippen LogP contribution is 2.47. The third kappa shape index (κ3) is 5.41. The van der Waals surface area contributed by atoms with Gasteiger partial charge >= 0.3 is 0 Å². The Hall–Kier alpha value is -7.12. The molecule has 0 aliphatic carbocycles. The van der Waals surface area contributed by atoms with Crippen molar-refractivity contribution in [2.24, 2.45) is 0 Å². The van der Waals surface area contributed by atoms with Crippen LogP contribution in [0.15, 0.2) is 182 Å². The lowest BCUT2D eigenvalue weighted by Gasteiger charge is -2.15. The number of aromatic nitrogens is 4. The van der Waals surface area contributed by atoms with Crippen molar-refractivity contribution in [1.82, 2.24) is 19.9 Å². The molecule has 0 unspecified atom stereocenters. The van der Waals surface area contributed by atoms with Gasteiger partial charge in [-0.15, -0.1) is 22.7 Å². The molecule has 270 valence electrons. The summed E-state index contributed by atoms with van der Waals surface area (Å²) in [4.78, 5) is 21.7. The topological polar surface area (TPSA) is 51.6 Å². The number of thiazole rings is 1. The van der Waals surface area contributed by atoms with E-state index in [-0.39, 0.29) is 0 Å². The third-order valence-corrected chi connectivity index (χ3v) is 13.4. The average molecular weight is 775 g/mol. The Morgan fingerprint density at radius 1 is 0.328 bits per heavy atom. The normalized spacial score (nSPS) is 11.8. The van der Waals surface area contributed by atoms with Gasteiger partial charge in [0, 0.05) is 42.4 Å². The minimum atomic E-state index is 0.609. The predicted octanol–water partition coefficient (Wildman–Crippen LogP) is 14.6. The summed E-state index contributed by atoms with van der Waals surface area (Å²) in [6.45, 7) is 0. The summed E-state index contributed by atoms with van der Waals surface area (Å²) in [5.74, 6) is 1.85. The number of hydrogen-bond donors (Lipinski definition) is 0. The molecule has 58 heavy (non-hydrogen) atoms. The molecule has 0 amide bonds. The predicted molar refractivity (Wildman–Crippen MR) is 246 cm³/mol. The summed E-state index contributed by atoms with van der Waals surface area (Å²) in [5, 5.41) is 10.4. The Balaban J connectivity index is 1.18. The fourth-order valence-electron chi connectivity index (χ4n) is 8.33. The van der Waals surface area contributed by atoms with Crippen LogP contribution >= 0.6 is 22.7 Å². The van der Waals surface area contributed by atoms with Crippen LogP contribution in [-0.2, 0) is 0 Å². The zero-order chi connectivity index (χ0) is 38.2. The molecular weight excluding hydrogens is 745 g/mol. The largest absolute Gasteiger partial charge is 0.235 e. The second-order valence-corrected chi connectivity index (χ2v) is 16.7. The molecule has 0 saturated heterocycles. The number of nitrogens with zero attached hydrogens (tertiary/aromatic N) is 4. The van der Waals surface area contributed by atoms with Crippen LogP contribution < -0.4 is 0 Å². The molecule has 0 spiro atoms. The molecule has 0 N–H and O–H groups in total. The maximum Gasteiger partial charge on any atom is 0.167 e. The van der Waals surface area contributed by atoms with Crippen molar-refractivity contribution in [3.63, 3.8) is 0 Å². The molecular formula is C52H30N4S2. The molecule has 0 radical (unpaired) electrons. The van der Waals surface area contributed by atoms with Crippen LogP contribution in [0, 0.1) is 0 Å². The van der Waals surface area contributed by atoms with Gasteiger partial charge in [0.15, 0.2) is 17.5 Å². The Kier molecular flexibility index (Phi) is 7.55. The fraction of sp³-hybridized carbons (Fsp3) is 0. The lowest BCUT2D eigenvalue weighted by atomic mass is 9.93. The van der Waals surface area contributed by atoms with Gasteiger partial charge in [-0.1, -0.05) is 152 Å². The highest BCUT2D eigenvalue weighted by atomic mass is 32.1. The van der Waals surface area contributed by atoms with E-state index in [0.29, 0.717) is 17.5 Å². The van der Waals surface area contributed by atoms with Crippen molar-refractivity contribution < 1.29 is 0 Å². The summed E-state index contributed by atoms with van der Waals surface area (Å²) >= 11 is 3.50. The van der Waals surface area contributed by atoms with Gasteiger partial charge in [0.2, 0.25) is 0 Å². The maximum atomic E-state index is 5.50. The molecule has 0 atom stereocenters. The fourth-order valence-corrected chi connectivity index (χ4v) is 10.6. The zero-order valence-corrected chi connectivity index (χ0v) is 32.6. The Morgan fingerprint density at radius 2 is 0.931 bits per heavy atom. The molecule has 12 aromatic rings. The van der Waals surface area contributed by atoms with E-state index in [1.165, 1.54) is 31.6 Å². The monoisotopic (exact) mass is 774 g/mol. The van der Waals surface area contributed by atoms with Crippen molar-refractivity contribution in [1.29, 1.82) is 0 Å². The van der Waals surface area contributed by atoms with Crippen LogP contribution in [0.5, 0.6) is 0 Å². The summed E-state index contributed by atoms with van der Waals surface area (Å²) in [5.41, 5.74) is 7.01. The second-order valence-electron chi connectivity index (χ2n) is 14.6. The van der Waals surface area contributed by atoms with E-state index in [1.807, 2.05) is 0 Å². The first-order valence-electron chi connectivity index (χ1n) is 19.3. The first kappa shape index (κ1) is 33.1. The van der Waals surface area contributed by atoms with Crippen molar-refractivity contribution in [3.8, 4) is 55.9 Å². The molecule has 9 aromatic carbocycles. The van der Waals surface area contributed by atoms with Gasteiger partial charge in [-0.25, -0.2) is 19.9 Å². The molecule has 0 fully saturated rings. The lowest BCUT2D eigenvalue weighted by molar-refractivity contribution is 1.08. The summed E-state index contributed by atoms with van der Waals surface area (Å²) in [6, 6.07) is 64.4. The van der Waals surface area contributed by atoms with E-state index in [0.717, 1.165) is 69.5 Å². The molecule has 0 bridgehead atoms. The van der Waals surface area contributed by atoms with Crippen LogP contribution in [0.25, 0.3) is 119 Å². The zero-order valence-electron chi connectivity index (χ0n) is 30.9. The van der Waals surface area contributed by atoms with Crippen LogP contribution in [-0.4, -0.2) is 19.9 Å². The summed E-state index contributed by atoms with van der Waals surface area (Å²) in [7, 11) is 0. The summed E-state index contributed by atoms with van der Waals surface area (Å²) in [6.07, 6.45) is 0. The van der Waals surface area contributed by atoms with Crippen molar-refractivity contribution >= 4 is 85.4 Å².